The third-order valence-electron chi connectivity index (χ3n) is 6.50. The normalized spacial score (nSPS) is 24.9. The van der Waals surface area contributed by atoms with Crippen LogP contribution in [0.2, 0.25) is 0 Å². The van der Waals surface area contributed by atoms with Gasteiger partial charge >= 0.3 is 0 Å². The van der Waals surface area contributed by atoms with Crippen LogP contribution in [0.3, 0.4) is 0 Å². The minimum atomic E-state index is -0.00468. The third-order valence-corrected chi connectivity index (χ3v) is 6.50. The summed E-state index contributed by atoms with van der Waals surface area (Å²) >= 11 is 0. The lowest BCUT2D eigenvalue weighted by molar-refractivity contribution is 0.241. The van der Waals surface area contributed by atoms with Crippen molar-refractivity contribution < 1.29 is 4.52 Å². The molecule has 6 nitrogen and oxygen atoms in total. The standard InChI is InChI=1S/C22H27N5O/c1-16(2)27-12-11-23-19(27)14-26-13-18-9-6-10-22(18,15-26)21-24-20(25-28-21)17-7-4-3-5-8-17/h3-5,7-8,11-12,16,18H,6,9-10,13-15H2,1-2H3/t18-,22-/m1/s1. The van der Waals surface area contributed by atoms with Crippen LogP contribution in [-0.2, 0) is 12.0 Å². The van der Waals surface area contributed by atoms with Gasteiger partial charge in [0.25, 0.3) is 0 Å². The Labute approximate surface area is 165 Å². The highest BCUT2D eigenvalue weighted by molar-refractivity contribution is 5.53. The van der Waals surface area contributed by atoms with Crippen LogP contribution < -0.4 is 0 Å². The van der Waals surface area contributed by atoms with Crippen LogP contribution in [0.1, 0.15) is 50.9 Å². The van der Waals surface area contributed by atoms with Gasteiger partial charge in [0.05, 0.1) is 12.0 Å². The van der Waals surface area contributed by atoms with Gasteiger partial charge in [-0.15, -0.1) is 0 Å². The molecule has 5 rings (SSSR count). The van der Waals surface area contributed by atoms with Crippen molar-refractivity contribution in [2.75, 3.05) is 13.1 Å². The van der Waals surface area contributed by atoms with Gasteiger partial charge in [-0.1, -0.05) is 41.9 Å². The van der Waals surface area contributed by atoms with Crippen LogP contribution in [0.15, 0.2) is 47.2 Å². The summed E-state index contributed by atoms with van der Waals surface area (Å²) in [6.45, 7) is 7.33. The molecule has 0 unspecified atom stereocenters. The number of hydrogen-bond acceptors (Lipinski definition) is 5. The van der Waals surface area contributed by atoms with Gasteiger partial charge in [0.1, 0.15) is 5.82 Å². The summed E-state index contributed by atoms with van der Waals surface area (Å²) in [5, 5.41) is 4.30. The number of aromatic nitrogens is 4. The van der Waals surface area contributed by atoms with Crippen molar-refractivity contribution in [1.82, 2.24) is 24.6 Å². The highest BCUT2D eigenvalue weighted by atomic mass is 16.5. The smallest absolute Gasteiger partial charge is 0.234 e. The second-order valence-electron chi connectivity index (χ2n) is 8.55. The third kappa shape index (κ3) is 2.87. The van der Waals surface area contributed by atoms with Gasteiger partial charge in [0, 0.05) is 37.1 Å². The number of imidazole rings is 1. The average molecular weight is 377 g/mol. The van der Waals surface area contributed by atoms with Crippen molar-refractivity contribution in [1.29, 1.82) is 0 Å². The first-order valence-electron chi connectivity index (χ1n) is 10.3. The molecule has 6 heteroatoms. The van der Waals surface area contributed by atoms with E-state index >= 15 is 0 Å². The van der Waals surface area contributed by atoms with E-state index < -0.39 is 0 Å². The molecule has 3 heterocycles. The Bertz CT molecular complexity index is 947. The van der Waals surface area contributed by atoms with Gasteiger partial charge in [-0.25, -0.2) is 4.98 Å². The zero-order valence-electron chi connectivity index (χ0n) is 16.6. The van der Waals surface area contributed by atoms with E-state index in [9.17, 15) is 0 Å². The Hall–Kier alpha value is -2.47. The molecule has 3 aromatic rings. The van der Waals surface area contributed by atoms with Crippen LogP contribution in [0.4, 0.5) is 0 Å². The quantitative estimate of drug-likeness (QED) is 0.671. The minimum Gasteiger partial charge on any atom is -0.338 e. The van der Waals surface area contributed by atoms with Gasteiger partial charge in [-0.2, -0.15) is 4.98 Å². The lowest BCUT2D eigenvalue weighted by Gasteiger charge is -2.24. The van der Waals surface area contributed by atoms with E-state index in [1.165, 1.54) is 12.8 Å². The molecule has 1 saturated carbocycles. The van der Waals surface area contributed by atoms with E-state index in [0.29, 0.717) is 17.8 Å². The number of nitrogens with zero attached hydrogens (tertiary/aromatic N) is 5. The average Bonchev–Trinajstić information content (AvgIpc) is 3.45. The summed E-state index contributed by atoms with van der Waals surface area (Å²) < 4.78 is 8.11. The predicted molar refractivity (Wildman–Crippen MR) is 107 cm³/mol. The second kappa shape index (κ2) is 6.85. The molecule has 2 fully saturated rings. The molecule has 1 aromatic carbocycles. The molecular weight excluding hydrogens is 350 g/mol. The number of fused-ring (bicyclic) bond motifs is 1. The Kier molecular flexibility index (Phi) is 4.31. The van der Waals surface area contributed by atoms with Gasteiger partial charge in [0.2, 0.25) is 11.7 Å². The van der Waals surface area contributed by atoms with Gasteiger partial charge in [-0.3, -0.25) is 4.90 Å². The number of hydrogen-bond donors (Lipinski definition) is 0. The molecule has 28 heavy (non-hydrogen) atoms. The zero-order valence-corrected chi connectivity index (χ0v) is 16.6. The van der Waals surface area contributed by atoms with Gasteiger partial charge < -0.3 is 9.09 Å². The Morgan fingerprint density at radius 3 is 2.93 bits per heavy atom. The molecule has 1 aliphatic carbocycles. The van der Waals surface area contributed by atoms with E-state index in [-0.39, 0.29) is 5.41 Å². The van der Waals surface area contributed by atoms with E-state index in [0.717, 1.165) is 43.3 Å². The summed E-state index contributed by atoms with van der Waals surface area (Å²) in [4.78, 5) is 12.0. The van der Waals surface area contributed by atoms with Gasteiger partial charge in [0.15, 0.2) is 0 Å². The number of benzene rings is 1. The first kappa shape index (κ1) is 17.6. The fourth-order valence-corrected chi connectivity index (χ4v) is 5.13. The zero-order chi connectivity index (χ0) is 19.1. The summed E-state index contributed by atoms with van der Waals surface area (Å²) in [5.74, 6) is 3.24. The van der Waals surface area contributed by atoms with E-state index in [2.05, 4.69) is 39.7 Å². The summed E-state index contributed by atoms with van der Waals surface area (Å²) in [6, 6.07) is 10.5. The van der Waals surface area contributed by atoms with E-state index in [1.807, 2.05) is 36.5 Å². The Balaban J connectivity index is 1.40. The van der Waals surface area contributed by atoms with Gasteiger partial charge in [-0.05, 0) is 32.6 Å². The second-order valence-corrected chi connectivity index (χ2v) is 8.55. The van der Waals surface area contributed by atoms with E-state index in [4.69, 9.17) is 9.51 Å². The first-order chi connectivity index (χ1) is 13.7. The lowest BCUT2D eigenvalue weighted by atomic mass is 9.80. The maximum absolute atomic E-state index is 5.84. The number of likely N-dealkylation sites (tertiary alicyclic amines) is 1. The molecule has 2 atom stereocenters. The molecule has 0 amide bonds. The van der Waals surface area contributed by atoms with Crippen LogP contribution in [-0.4, -0.2) is 37.7 Å². The van der Waals surface area contributed by atoms with Crippen molar-refractivity contribution in [3.05, 3.63) is 54.4 Å². The van der Waals surface area contributed by atoms with Crippen molar-refractivity contribution >= 4 is 0 Å². The first-order valence-corrected chi connectivity index (χ1v) is 10.3. The maximum Gasteiger partial charge on any atom is 0.234 e. The fraction of sp³-hybridized carbons (Fsp3) is 0.500. The molecule has 0 spiro atoms. The lowest BCUT2D eigenvalue weighted by Crippen LogP contribution is -2.32. The topological polar surface area (TPSA) is 60.0 Å². The SMILES string of the molecule is CC(C)n1ccnc1CN1C[C@H]2CCC[C@@]2(c2nc(-c3ccccc3)no2)C1. The van der Waals surface area contributed by atoms with Crippen molar-refractivity contribution in [2.24, 2.45) is 5.92 Å². The molecule has 0 N–H and O–H groups in total. The number of rotatable bonds is 5. The van der Waals surface area contributed by atoms with Crippen LogP contribution in [0.5, 0.6) is 0 Å². The monoisotopic (exact) mass is 377 g/mol. The molecule has 2 aromatic heterocycles. The van der Waals surface area contributed by atoms with Crippen molar-refractivity contribution in [3.63, 3.8) is 0 Å². The van der Waals surface area contributed by atoms with Crippen molar-refractivity contribution in [3.8, 4) is 11.4 Å². The van der Waals surface area contributed by atoms with Crippen molar-refractivity contribution in [2.45, 2.75) is 51.1 Å². The minimum absolute atomic E-state index is 0.00468. The molecule has 0 radical (unpaired) electrons. The molecule has 1 aliphatic heterocycles. The molecule has 2 aliphatic rings. The summed E-state index contributed by atoms with van der Waals surface area (Å²) in [7, 11) is 0. The fourth-order valence-electron chi connectivity index (χ4n) is 5.13. The Morgan fingerprint density at radius 1 is 1.25 bits per heavy atom. The van der Waals surface area contributed by atoms with Crippen LogP contribution >= 0.6 is 0 Å². The highest BCUT2D eigenvalue weighted by Gasteiger charge is 2.54. The predicted octanol–water partition coefficient (Wildman–Crippen LogP) is 4.07. The molecule has 0 bridgehead atoms. The summed E-state index contributed by atoms with van der Waals surface area (Å²) in [6.07, 6.45) is 7.59. The largest absolute Gasteiger partial charge is 0.338 e. The Morgan fingerprint density at radius 2 is 2.11 bits per heavy atom. The molecule has 146 valence electrons. The summed E-state index contributed by atoms with van der Waals surface area (Å²) in [5.41, 5.74) is 1.01. The highest BCUT2D eigenvalue weighted by Crippen LogP contribution is 2.50. The molecular formula is C22H27N5O. The van der Waals surface area contributed by atoms with E-state index in [1.54, 1.807) is 0 Å². The maximum atomic E-state index is 5.84. The molecule has 1 saturated heterocycles. The van der Waals surface area contributed by atoms with Crippen LogP contribution in [0.25, 0.3) is 11.4 Å². The van der Waals surface area contributed by atoms with Crippen LogP contribution in [0, 0.1) is 5.92 Å².